The molecule has 1 amide bonds. The molecule has 31 heavy (non-hydrogen) atoms. The van der Waals surface area contributed by atoms with Crippen LogP contribution in [-0.2, 0) is 11.3 Å². The van der Waals surface area contributed by atoms with Gasteiger partial charge < -0.3 is 23.6 Å². The number of amides is 1. The van der Waals surface area contributed by atoms with Crippen molar-refractivity contribution >= 4 is 11.6 Å². The van der Waals surface area contributed by atoms with E-state index in [2.05, 4.69) is 20.4 Å². The number of fused-ring (bicyclic) bond motifs is 1. The number of anilines is 1. The molecular formula is C22H24N4O5. The Balaban J connectivity index is 1.14. The Labute approximate surface area is 179 Å². The van der Waals surface area contributed by atoms with Crippen molar-refractivity contribution in [2.45, 2.75) is 33.2 Å². The summed E-state index contributed by atoms with van der Waals surface area (Å²) in [6, 6.07) is 7.34. The Bertz CT molecular complexity index is 1100. The first kappa shape index (κ1) is 19.6. The SMILES string of the molecule is Cc1cc(-c2nnc(CN3CCC(C(=O)Nc4ccc5c(c4)OCO5)CC3)o2)c(C)o1. The number of ether oxygens (including phenoxy) is 2. The second-order valence-corrected chi connectivity index (χ2v) is 7.94. The summed E-state index contributed by atoms with van der Waals surface area (Å²) in [5.74, 6) is 3.98. The van der Waals surface area contributed by atoms with Crippen LogP contribution in [0.15, 0.2) is 33.1 Å². The highest BCUT2D eigenvalue weighted by atomic mass is 16.7. The minimum Gasteiger partial charge on any atom is -0.466 e. The van der Waals surface area contributed by atoms with Crippen LogP contribution in [0.5, 0.6) is 11.5 Å². The lowest BCUT2D eigenvalue weighted by atomic mass is 9.96. The molecule has 1 aromatic carbocycles. The maximum absolute atomic E-state index is 12.7. The number of likely N-dealkylation sites (tertiary alicyclic amines) is 1. The van der Waals surface area contributed by atoms with Gasteiger partial charge in [-0.25, -0.2) is 0 Å². The third-order valence-corrected chi connectivity index (χ3v) is 5.70. The number of hydrogen-bond donors (Lipinski definition) is 1. The molecule has 162 valence electrons. The van der Waals surface area contributed by atoms with Crippen molar-refractivity contribution in [2.24, 2.45) is 5.92 Å². The summed E-state index contributed by atoms with van der Waals surface area (Å²) >= 11 is 0. The number of furan rings is 1. The number of nitrogens with zero attached hydrogens (tertiary/aromatic N) is 3. The van der Waals surface area contributed by atoms with Crippen molar-refractivity contribution in [3.05, 3.63) is 41.7 Å². The fourth-order valence-electron chi connectivity index (χ4n) is 4.03. The van der Waals surface area contributed by atoms with E-state index < -0.39 is 0 Å². The smallest absolute Gasteiger partial charge is 0.251 e. The van der Waals surface area contributed by atoms with Crippen molar-refractivity contribution in [1.82, 2.24) is 15.1 Å². The van der Waals surface area contributed by atoms with Gasteiger partial charge in [-0.2, -0.15) is 0 Å². The van der Waals surface area contributed by atoms with Crippen LogP contribution in [0.1, 0.15) is 30.3 Å². The van der Waals surface area contributed by atoms with Crippen molar-refractivity contribution in [3.8, 4) is 23.0 Å². The molecular weight excluding hydrogens is 400 g/mol. The standard InChI is InChI=1S/C22H24N4O5/c1-13-9-17(14(2)30-13)22-25-24-20(31-22)11-26-7-5-15(6-8-26)21(27)23-16-3-4-18-19(10-16)29-12-28-18/h3-4,9-10,15H,5-8,11-12H2,1-2H3,(H,23,27). The van der Waals surface area contributed by atoms with Gasteiger partial charge in [-0.1, -0.05) is 0 Å². The summed E-state index contributed by atoms with van der Waals surface area (Å²) in [6.07, 6.45) is 1.55. The lowest BCUT2D eigenvalue weighted by Crippen LogP contribution is -2.37. The Kier molecular flexibility index (Phi) is 5.11. The van der Waals surface area contributed by atoms with E-state index in [0.29, 0.717) is 29.8 Å². The number of carbonyl (C=O) groups excluding carboxylic acids is 1. The first-order valence-electron chi connectivity index (χ1n) is 10.4. The van der Waals surface area contributed by atoms with Crippen LogP contribution in [-0.4, -0.2) is 40.9 Å². The van der Waals surface area contributed by atoms with Gasteiger partial charge in [0.15, 0.2) is 11.5 Å². The van der Waals surface area contributed by atoms with Gasteiger partial charge in [-0.15, -0.1) is 10.2 Å². The number of rotatable bonds is 5. The lowest BCUT2D eigenvalue weighted by Gasteiger charge is -2.30. The molecule has 3 aromatic rings. The molecule has 0 spiro atoms. The maximum atomic E-state index is 12.7. The average Bonchev–Trinajstić information content (AvgIpc) is 3.48. The predicted molar refractivity (Wildman–Crippen MR) is 111 cm³/mol. The number of aryl methyl sites for hydroxylation is 2. The molecule has 0 bridgehead atoms. The molecule has 9 heteroatoms. The zero-order chi connectivity index (χ0) is 21.4. The third-order valence-electron chi connectivity index (χ3n) is 5.70. The second-order valence-electron chi connectivity index (χ2n) is 7.94. The Hall–Kier alpha value is -3.33. The van der Waals surface area contributed by atoms with E-state index in [1.54, 1.807) is 6.07 Å². The molecule has 9 nitrogen and oxygen atoms in total. The van der Waals surface area contributed by atoms with Crippen LogP contribution in [0.2, 0.25) is 0 Å². The molecule has 0 unspecified atom stereocenters. The van der Waals surface area contributed by atoms with Gasteiger partial charge in [0.1, 0.15) is 11.5 Å². The van der Waals surface area contributed by atoms with Crippen LogP contribution >= 0.6 is 0 Å². The summed E-state index contributed by atoms with van der Waals surface area (Å²) < 4.78 is 22.0. The van der Waals surface area contributed by atoms with Gasteiger partial charge in [-0.3, -0.25) is 9.69 Å². The lowest BCUT2D eigenvalue weighted by molar-refractivity contribution is -0.121. The molecule has 1 fully saturated rings. The number of carbonyl (C=O) groups is 1. The van der Waals surface area contributed by atoms with E-state index in [4.69, 9.17) is 18.3 Å². The van der Waals surface area contributed by atoms with Gasteiger partial charge in [0.25, 0.3) is 5.89 Å². The van der Waals surface area contributed by atoms with E-state index in [1.807, 2.05) is 32.0 Å². The highest BCUT2D eigenvalue weighted by Crippen LogP contribution is 2.34. The topological polar surface area (TPSA) is 103 Å². The summed E-state index contributed by atoms with van der Waals surface area (Å²) in [4.78, 5) is 14.9. The van der Waals surface area contributed by atoms with Gasteiger partial charge in [0.05, 0.1) is 12.1 Å². The summed E-state index contributed by atoms with van der Waals surface area (Å²) in [5.41, 5.74) is 1.55. The van der Waals surface area contributed by atoms with Gasteiger partial charge in [0, 0.05) is 17.7 Å². The zero-order valence-corrected chi connectivity index (χ0v) is 17.5. The maximum Gasteiger partial charge on any atom is 0.251 e. The summed E-state index contributed by atoms with van der Waals surface area (Å²) in [6.45, 7) is 6.14. The number of benzene rings is 1. The molecule has 0 saturated carbocycles. The molecule has 0 atom stereocenters. The van der Waals surface area contributed by atoms with Crippen molar-refractivity contribution < 1.29 is 23.1 Å². The summed E-state index contributed by atoms with van der Waals surface area (Å²) in [5, 5.41) is 11.3. The molecule has 1 N–H and O–H groups in total. The first-order chi connectivity index (χ1) is 15.0. The van der Waals surface area contributed by atoms with Crippen LogP contribution in [0.4, 0.5) is 5.69 Å². The quantitative estimate of drug-likeness (QED) is 0.664. The van der Waals surface area contributed by atoms with E-state index in [-0.39, 0.29) is 18.6 Å². The highest BCUT2D eigenvalue weighted by molar-refractivity contribution is 5.93. The minimum atomic E-state index is -0.0310. The van der Waals surface area contributed by atoms with Crippen LogP contribution in [0.3, 0.4) is 0 Å². The number of piperidine rings is 1. The fourth-order valence-corrected chi connectivity index (χ4v) is 4.03. The van der Waals surface area contributed by atoms with E-state index in [9.17, 15) is 4.79 Å². The minimum absolute atomic E-state index is 0.0310. The molecule has 4 heterocycles. The van der Waals surface area contributed by atoms with Crippen LogP contribution in [0, 0.1) is 19.8 Å². The summed E-state index contributed by atoms with van der Waals surface area (Å²) in [7, 11) is 0. The fraction of sp³-hybridized carbons (Fsp3) is 0.409. The highest BCUT2D eigenvalue weighted by Gasteiger charge is 2.27. The Morgan fingerprint density at radius 2 is 1.90 bits per heavy atom. The molecule has 2 aliphatic rings. The van der Waals surface area contributed by atoms with E-state index >= 15 is 0 Å². The molecule has 2 aromatic heterocycles. The van der Waals surface area contributed by atoms with Crippen molar-refractivity contribution in [1.29, 1.82) is 0 Å². The second kappa shape index (κ2) is 8.07. The Morgan fingerprint density at radius 3 is 2.68 bits per heavy atom. The van der Waals surface area contributed by atoms with Crippen molar-refractivity contribution in [2.75, 3.05) is 25.2 Å². The monoisotopic (exact) mass is 424 g/mol. The van der Waals surface area contributed by atoms with Crippen LogP contribution < -0.4 is 14.8 Å². The van der Waals surface area contributed by atoms with E-state index in [1.165, 1.54) is 0 Å². The molecule has 2 aliphatic heterocycles. The van der Waals surface area contributed by atoms with E-state index in [0.717, 1.165) is 48.7 Å². The number of nitrogens with one attached hydrogen (secondary N) is 1. The predicted octanol–water partition coefficient (Wildman–Crippen LogP) is 3.53. The molecule has 1 saturated heterocycles. The molecule has 5 rings (SSSR count). The van der Waals surface area contributed by atoms with Crippen molar-refractivity contribution in [3.63, 3.8) is 0 Å². The van der Waals surface area contributed by atoms with Gasteiger partial charge in [0.2, 0.25) is 18.6 Å². The molecule has 0 radical (unpaired) electrons. The largest absolute Gasteiger partial charge is 0.466 e. The third kappa shape index (κ3) is 4.13. The van der Waals surface area contributed by atoms with Crippen LogP contribution in [0.25, 0.3) is 11.5 Å². The number of hydrogen-bond acceptors (Lipinski definition) is 8. The average molecular weight is 424 g/mol. The number of aromatic nitrogens is 2. The van der Waals surface area contributed by atoms with Gasteiger partial charge in [-0.05, 0) is 58.0 Å². The zero-order valence-electron chi connectivity index (χ0n) is 17.5. The molecule has 0 aliphatic carbocycles. The van der Waals surface area contributed by atoms with Gasteiger partial charge >= 0.3 is 0 Å². The Morgan fingerprint density at radius 1 is 1.10 bits per heavy atom. The first-order valence-corrected chi connectivity index (χ1v) is 10.4. The normalized spacial score (nSPS) is 16.6.